The van der Waals surface area contributed by atoms with Crippen molar-refractivity contribution in [3.8, 4) is 6.07 Å². The van der Waals surface area contributed by atoms with Crippen molar-refractivity contribution in [3.63, 3.8) is 0 Å². The van der Waals surface area contributed by atoms with E-state index in [1.54, 1.807) is 31.0 Å². The number of carbonyl (C=O) groups is 1. The third kappa shape index (κ3) is 5.08. The van der Waals surface area contributed by atoms with Crippen LogP contribution in [0.25, 0.3) is 0 Å². The van der Waals surface area contributed by atoms with Gasteiger partial charge < -0.3 is 5.11 Å². The molecule has 1 aromatic rings. The molecule has 1 unspecified atom stereocenters. The lowest BCUT2D eigenvalue weighted by atomic mass is 10.2. The number of benzene rings is 1. The number of rotatable bonds is 6. The molecule has 0 aliphatic heterocycles. The lowest BCUT2D eigenvalue weighted by Crippen LogP contribution is -2.41. The van der Waals surface area contributed by atoms with Crippen LogP contribution < -0.4 is 4.90 Å². The maximum atomic E-state index is 12.2. The maximum Gasteiger partial charge on any atom is 0.242 e. The van der Waals surface area contributed by atoms with Gasteiger partial charge in [-0.2, -0.15) is 5.26 Å². The quantitative estimate of drug-likeness (QED) is 0.771. The largest absolute Gasteiger partial charge is 0.392 e. The number of nitrogens with zero attached hydrogens (tertiary/aromatic N) is 3. The first-order valence-electron chi connectivity index (χ1n) is 6.13. The summed E-state index contributed by atoms with van der Waals surface area (Å²) in [7, 11) is 1.76. The zero-order valence-electron chi connectivity index (χ0n) is 11.3. The van der Waals surface area contributed by atoms with Crippen LogP contribution >= 0.6 is 0 Å². The van der Waals surface area contributed by atoms with Gasteiger partial charge in [0.25, 0.3) is 0 Å². The van der Waals surface area contributed by atoms with Gasteiger partial charge in [-0.05, 0) is 26.1 Å². The number of carbonyl (C=O) groups excluding carboxylic acids is 1. The van der Waals surface area contributed by atoms with E-state index in [4.69, 9.17) is 5.26 Å². The second-order valence-electron chi connectivity index (χ2n) is 4.52. The summed E-state index contributed by atoms with van der Waals surface area (Å²) in [6.45, 7) is 2.28. The molecule has 1 amide bonds. The first kappa shape index (κ1) is 15.2. The topological polar surface area (TPSA) is 67.6 Å². The van der Waals surface area contributed by atoms with Crippen molar-refractivity contribution >= 4 is 11.6 Å². The molecule has 1 N–H and O–H groups in total. The minimum absolute atomic E-state index is 0.0192. The summed E-state index contributed by atoms with van der Waals surface area (Å²) in [5, 5.41) is 18.1. The van der Waals surface area contributed by atoms with E-state index in [0.717, 1.165) is 0 Å². The molecule has 0 radical (unpaired) electrons. The Morgan fingerprint density at radius 2 is 2.05 bits per heavy atom. The number of amides is 1. The van der Waals surface area contributed by atoms with E-state index >= 15 is 0 Å². The molecular weight excluding hydrogens is 242 g/mol. The van der Waals surface area contributed by atoms with Crippen molar-refractivity contribution in [2.45, 2.75) is 13.0 Å². The van der Waals surface area contributed by atoms with Gasteiger partial charge in [0.1, 0.15) is 6.54 Å². The molecule has 5 heteroatoms. The molecule has 1 rings (SSSR count). The molecule has 1 aromatic carbocycles. The molecule has 0 spiro atoms. The molecule has 102 valence electrons. The molecule has 0 bridgehead atoms. The second kappa shape index (κ2) is 7.52. The molecule has 1 atom stereocenters. The van der Waals surface area contributed by atoms with Gasteiger partial charge in [0.05, 0.1) is 18.7 Å². The van der Waals surface area contributed by atoms with Crippen molar-refractivity contribution in [2.24, 2.45) is 0 Å². The monoisotopic (exact) mass is 261 g/mol. The van der Waals surface area contributed by atoms with E-state index in [1.807, 2.05) is 24.3 Å². The molecule has 19 heavy (non-hydrogen) atoms. The van der Waals surface area contributed by atoms with Gasteiger partial charge in [-0.1, -0.05) is 18.2 Å². The molecule has 0 heterocycles. The van der Waals surface area contributed by atoms with Crippen LogP contribution in [0.15, 0.2) is 30.3 Å². The molecule has 0 saturated heterocycles. The predicted octanol–water partition coefficient (Wildman–Crippen LogP) is 0.856. The van der Waals surface area contributed by atoms with E-state index < -0.39 is 6.10 Å². The van der Waals surface area contributed by atoms with Crippen LogP contribution in [0, 0.1) is 11.3 Å². The van der Waals surface area contributed by atoms with Gasteiger partial charge >= 0.3 is 0 Å². The molecule has 5 nitrogen and oxygen atoms in total. The molecule has 0 aliphatic carbocycles. The minimum atomic E-state index is -0.487. The van der Waals surface area contributed by atoms with Crippen LogP contribution in [0.3, 0.4) is 0 Å². The Morgan fingerprint density at radius 1 is 1.42 bits per heavy atom. The Kier molecular flexibility index (Phi) is 6.00. The van der Waals surface area contributed by atoms with E-state index in [1.165, 1.54) is 4.90 Å². The SMILES string of the molecule is CC(O)CN(C)CC(=O)N(CC#N)c1ccccc1. The van der Waals surface area contributed by atoms with Gasteiger partial charge in [-0.3, -0.25) is 14.6 Å². The summed E-state index contributed by atoms with van der Waals surface area (Å²) in [5.41, 5.74) is 0.708. The molecule has 0 aromatic heterocycles. The summed E-state index contributed by atoms with van der Waals surface area (Å²) < 4.78 is 0. The van der Waals surface area contributed by atoms with Crippen molar-refractivity contribution in [3.05, 3.63) is 30.3 Å². The van der Waals surface area contributed by atoms with Crippen molar-refractivity contribution in [2.75, 3.05) is 31.6 Å². The fourth-order valence-electron chi connectivity index (χ4n) is 1.83. The third-order valence-corrected chi connectivity index (χ3v) is 2.58. The van der Waals surface area contributed by atoms with Gasteiger partial charge in [0.2, 0.25) is 5.91 Å². The van der Waals surface area contributed by atoms with Crippen molar-refractivity contribution < 1.29 is 9.90 Å². The molecule has 0 saturated carbocycles. The Balaban J connectivity index is 2.72. The average Bonchev–Trinajstić information content (AvgIpc) is 2.35. The average molecular weight is 261 g/mol. The number of likely N-dealkylation sites (N-methyl/N-ethyl adjacent to an activating group) is 1. The van der Waals surface area contributed by atoms with E-state index in [-0.39, 0.29) is 19.0 Å². The third-order valence-electron chi connectivity index (χ3n) is 2.58. The molecule has 0 fully saturated rings. The highest BCUT2D eigenvalue weighted by molar-refractivity contribution is 5.95. The number of hydrogen-bond acceptors (Lipinski definition) is 4. The standard InChI is InChI=1S/C14H19N3O2/c1-12(18)10-16(2)11-14(19)17(9-8-15)13-6-4-3-5-7-13/h3-7,12,18H,9-11H2,1-2H3. The molecule has 0 aliphatic rings. The van der Waals surface area contributed by atoms with E-state index in [0.29, 0.717) is 12.2 Å². The van der Waals surface area contributed by atoms with Crippen molar-refractivity contribution in [1.82, 2.24) is 4.90 Å². The zero-order valence-corrected chi connectivity index (χ0v) is 11.3. The van der Waals surface area contributed by atoms with Gasteiger partial charge in [0, 0.05) is 12.2 Å². The van der Waals surface area contributed by atoms with Crippen LogP contribution in [0.2, 0.25) is 0 Å². The van der Waals surface area contributed by atoms with Crippen LogP contribution in [0.1, 0.15) is 6.92 Å². The highest BCUT2D eigenvalue weighted by Gasteiger charge is 2.17. The summed E-state index contributed by atoms with van der Waals surface area (Å²) in [6, 6.07) is 11.1. The molecular formula is C14H19N3O2. The number of nitriles is 1. The Hall–Kier alpha value is -1.90. The highest BCUT2D eigenvalue weighted by atomic mass is 16.3. The normalized spacial score (nSPS) is 11.9. The Morgan fingerprint density at radius 3 is 2.58 bits per heavy atom. The fourth-order valence-corrected chi connectivity index (χ4v) is 1.83. The van der Waals surface area contributed by atoms with Gasteiger partial charge in [-0.15, -0.1) is 0 Å². The van der Waals surface area contributed by atoms with Crippen LogP contribution in [0.4, 0.5) is 5.69 Å². The zero-order chi connectivity index (χ0) is 14.3. The van der Waals surface area contributed by atoms with Gasteiger partial charge in [-0.25, -0.2) is 0 Å². The minimum Gasteiger partial charge on any atom is -0.392 e. The lowest BCUT2D eigenvalue weighted by Gasteiger charge is -2.24. The summed E-state index contributed by atoms with van der Waals surface area (Å²) in [4.78, 5) is 15.4. The van der Waals surface area contributed by atoms with Crippen molar-refractivity contribution in [1.29, 1.82) is 5.26 Å². The van der Waals surface area contributed by atoms with Crippen LogP contribution in [-0.4, -0.2) is 48.7 Å². The first-order chi connectivity index (χ1) is 9.04. The summed E-state index contributed by atoms with van der Waals surface area (Å²) >= 11 is 0. The number of para-hydroxylation sites is 1. The van der Waals surface area contributed by atoms with Crippen LogP contribution in [-0.2, 0) is 4.79 Å². The van der Waals surface area contributed by atoms with Gasteiger partial charge in [0.15, 0.2) is 0 Å². The van der Waals surface area contributed by atoms with E-state index in [2.05, 4.69) is 0 Å². The number of hydrogen-bond donors (Lipinski definition) is 1. The summed E-state index contributed by atoms with van der Waals surface area (Å²) in [6.07, 6.45) is -0.487. The highest BCUT2D eigenvalue weighted by Crippen LogP contribution is 2.13. The summed E-state index contributed by atoms with van der Waals surface area (Å²) in [5.74, 6) is -0.157. The number of aliphatic hydroxyl groups excluding tert-OH is 1. The Labute approximate surface area is 113 Å². The lowest BCUT2D eigenvalue weighted by molar-refractivity contribution is -0.119. The van der Waals surface area contributed by atoms with E-state index in [9.17, 15) is 9.90 Å². The fraction of sp³-hybridized carbons (Fsp3) is 0.429. The van der Waals surface area contributed by atoms with Crippen LogP contribution in [0.5, 0.6) is 0 Å². The predicted molar refractivity (Wildman–Crippen MR) is 73.6 cm³/mol. The Bertz CT molecular complexity index is 440. The first-order valence-corrected chi connectivity index (χ1v) is 6.13. The number of anilines is 1. The smallest absolute Gasteiger partial charge is 0.242 e. The second-order valence-corrected chi connectivity index (χ2v) is 4.52. The maximum absolute atomic E-state index is 12.2. The number of aliphatic hydroxyl groups is 1.